The molecule has 1 fully saturated rings. The fourth-order valence-electron chi connectivity index (χ4n) is 3.93. The predicted octanol–water partition coefficient (Wildman–Crippen LogP) is 2.34. The van der Waals surface area contributed by atoms with Gasteiger partial charge in [0.25, 0.3) is 0 Å². The van der Waals surface area contributed by atoms with Crippen molar-refractivity contribution in [3.8, 4) is 5.75 Å². The standard InChI is InChI=1S/C23H27NO6S/c1-3-13-7-9-14(10-8-13)31-18-11-24(19-15(18)5-4-6-16(19)29-2)23-22(28)21(27)20(26)17(12-25)30-23/h4-11,17,20-23,25-28H,3,12H2,1-2H3/t17-,20-,21+,22-,23-/m1/s1. The molecular formula is C23H27NO6S. The van der Waals surface area contributed by atoms with Gasteiger partial charge in [0.15, 0.2) is 6.23 Å². The lowest BCUT2D eigenvalue weighted by Gasteiger charge is -2.40. The van der Waals surface area contributed by atoms with E-state index in [1.165, 1.54) is 5.56 Å². The van der Waals surface area contributed by atoms with Crippen molar-refractivity contribution >= 4 is 22.7 Å². The van der Waals surface area contributed by atoms with Crippen LogP contribution in [-0.4, -0.2) is 63.1 Å². The van der Waals surface area contributed by atoms with E-state index in [1.54, 1.807) is 23.4 Å². The minimum Gasteiger partial charge on any atom is -0.495 e. The van der Waals surface area contributed by atoms with Crippen LogP contribution in [0.15, 0.2) is 58.5 Å². The first kappa shape index (κ1) is 22.1. The summed E-state index contributed by atoms with van der Waals surface area (Å²) in [6.45, 7) is 1.63. The third-order valence-electron chi connectivity index (χ3n) is 5.70. The molecule has 1 aliphatic heterocycles. The van der Waals surface area contributed by atoms with Gasteiger partial charge in [-0.1, -0.05) is 43.0 Å². The minimum atomic E-state index is -1.46. The molecule has 1 aromatic heterocycles. The van der Waals surface area contributed by atoms with E-state index in [-0.39, 0.29) is 0 Å². The number of methoxy groups -OCH3 is 1. The molecule has 2 heterocycles. The quantitative estimate of drug-likeness (QED) is 0.462. The molecule has 8 heteroatoms. The van der Waals surface area contributed by atoms with Crippen LogP contribution in [0.3, 0.4) is 0 Å². The SMILES string of the molecule is CCc1ccc(Sc2cn([C@@H]3O[C@H](CO)[C@@H](O)[C@H](O)[C@H]3O)c3c(OC)cccc23)cc1. The number of hydrogen-bond donors (Lipinski definition) is 4. The maximum Gasteiger partial charge on any atom is 0.163 e. The monoisotopic (exact) mass is 445 g/mol. The highest BCUT2D eigenvalue weighted by Crippen LogP contribution is 2.42. The molecule has 0 radical (unpaired) electrons. The number of aryl methyl sites for hydroxylation is 1. The predicted molar refractivity (Wildman–Crippen MR) is 117 cm³/mol. The highest BCUT2D eigenvalue weighted by atomic mass is 32.2. The van der Waals surface area contributed by atoms with Gasteiger partial charge in [0, 0.05) is 21.4 Å². The molecule has 4 N–H and O–H groups in total. The lowest BCUT2D eigenvalue weighted by Crippen LogP contribution is -2.56. The Morgan fingerprint density at radius 2 is 1.77 bits per heavy atom. The zero-order valence-electron chi connectivity index (χ0n) is 17.4. The van der Waals surface area contributed by atoms with Crippen LogP contribution >= 0.6 is 11.8 Å². The van der Waals surface area contributed by atoms with Crippen LogP contribution in [0.1, 0.15) is 18.7 Å². The molecule has 0 unspecified atom stereocenters. The van der Waals surface area contributed by atoms with Gasteiger partial charge in [-0.3, -0.25) is 0 Å². The molecule has 1 saturated heterocycles. The summed E-state index contributed by atoms with van der Waals surface area (Å²) >= 11 is 1.57. The molecular weight excluding hydrogens is 418 g/mol. The number of aliphatic hydroxyl groups excluding tert-OH is 4. The number of ether oxygens (including phenoxy) is 2. The van der Waals surface area contributed by atoms with Crippen molar-refractivity contribution < 1.29 is 29.9 Å². The summed E-state index contributed by atoms with van der Waals surface area (Å²) in [5.74, 6) is 0.586. The smallest absolute Gasteiger partial charge is 0.163 e. The second-order valence-electron chi connectivity index (χ2n) is 7.58. The molecule has 3 aromatic rings. The third kappa shape index (κ3) is 4.07. The maximum absolute atomic E-state index is 10.7. The molecule has 31 heavy (non-hydrogen) atoms. The van der Waals surface area contributed by atoms with Crippen molar-refractivity contribution in [1.29, 1.82) is 0 Å². The molecule has 166 valence electrons. The van der Waals surface area contributed by atoms with Crippen molar-refractivity contribution in [2.75, 3.05) is 13.7 Å². The first-order valence-electron chi connectivity index (χ1n) is 10.2. The van der Waals surface area contributed by atoms with Crippen LogP contribution in [0.25, 0.3) is 10.9 Å². The summed E-state index contributed by atoms with van der Waals surface area (Å²) in [6, 6.07) is 14.0. The molecule has 5 atom stereocenters. The van der Waals surface area contributed by atoms with Crippen LogP contribution in [0, 0.1) is 0 Å². The number of nitrogens with zero attached hydrogens (tertiary/aromatic N) is 1. The van der Waals surface area contributed by atoms with Crippen LogP contribution in [-0.2, 0) is 11.2 Å². The Labute approximate surface area is 184 Å². The molecule has 7 nitrogen and oxygen atoms in total. The van der Waals surface area contributed by atoms with Crippen LogP contribution in [0.2, 0.25) is 0 Å². The van der Waals surface area contributed by atoms with Gasteiger partial charge >= 0.3 is 0 Å². The number of aromatic nitrogens is 1. The number of hydrogen-bond acceptors (Lipinski definition) is 7. The van der Waals surface area contributed by atoms with E-state index in [9.17, 15) is 20.4 Å². The highest BCUT2D eigenvalue weighted by molar-refractivity contribution is 7.99. The van der Waals surface area contributed by atoms with Gasteiger partial charge in [0.2, 0.25) is 0 Å². The van der Waals surface area contributed by atoms with Crippen molar-refractivity contribution in [3.05, 3.63) is 54.2 Å². The van der Waals surface area contributed by atoms with Gasteiger partial charge in [-0.2, -0.15) is 0 Å². The third-order valence-corrected chi connectivity index (χ3v) is 6.75. The summed E-state index contributed by atoms with van der Waals surface area (Å²) in [7, 11) is 1.57. The highest BCUT2D eigenvalue weighted by Gasteiger charge is 2.44. The maximum atomic E-state index is 10.7. The van der Waals surface area contributed by atoms with Gasteiger partial charge < -0.3 is 34.5 Å². The zero-order valence-corrected chi connectivity index (χ0v) is 18.2. The van der Waals surface area contributed by atoms with Crippen LogP contribution < -0.4 is 4.74 Å². The van der Waals surface area contributed by atoms with Crippen molar-refractivity contribution in [3.63, 3.8) is 0 Å². The minimum absolute atomic E-state index is 0.483. The lowest BCUT2D eigenvalue weighted by molar-refractivity contribution is -0.250. The van der Waals surface area contributed by atoms with E-state index in [2.05, 4.69) is 31.2 Å². The molecule has 0 amide bonds. The first-order valence-corrected chi connectivity index (χ1v) is 11.0. The Hall–Kier alpha value is -2.07. The zero-order chi connectivity index (χ0) is 22.1. The Balaban J connectivity index is 1.79. The largest absolute Gasteiger partial charge is 0.495 e. The second kappa shape index (κ2) is 9.20. The molecule has 2 aromatic carbocycles. The Bertz CT molecular complexity index is 1030. The number of aliphatic hydroxyl groups is 4. The molecule has 0 aliphatic carbocycles. The molecule has 4 rings (SSSR count). The van der Waals surface area contributed by atoms with Gasteiger partial charge in [-0.15, -0.1) is 0 Å². The van der Waals surface area contributed by atoms with Gasteiger partial charge in [0.05, 0.1) is 19.2 Å². The molecule has 0 spiro atoms. The average Bonchev–Trinajstić information content (AvgIpc) is 3.16. The lowest BCUT2D eigenvalue weighted by atomic mass is 9.98. The summed E-state index contributed by atoms with van der Waals surface area (Å²) in [5.41, 5.74) is 1.96. The fraction of sp³-hybridized carbons (Fsp3) is 0.391. The molecule has 0 saturated carbocycles. The summed E-state index contributed by atoms with van der Waals surface area (Å²) in [5, 5.41) is 41.6. The van der Waals surface area contributed by atoms with E-state index < -0.39 is 37.3 Å². The van der Waals surface area contributed by atoms with E-state index in [0.29, 0.717) is 11.3 Å². The van der Waals surface area contributed by atoms with E-state index >= 15 is 0 Å². The fourth-order valence-corrected chi connectivity index (χ4v) is 4.89. The Kier molecular flexibility index (Phi) is 6.57. The topological polar surface area (TPSA) is 104 Å². The second-order valence-corrected chi connectivity index (χ2v) is 8.69. The summed E-state index contributed by atoms with van der Waals surface area (Å²) < 4.78 is 13.1. The van der Waals surface area contributed by atoms with E-state index in [0.717, 1.165) is 21.6 Å². The van der Waals surface area contributed by atoms with Crippen LogP contribution in [0.5, 0.6) is 5.75 Å². The average molecular weight is 446 g/mol. The molecule has 0 bridgehead atoms. The Morgan fingerprint density at radius 3 is 2.42 bits per heavy atom. The number of para-hydroxylation sites is 1. The van der Waals surface area contributed by atoms with Crippen LogP contribution in [0.4, 0.5) is 0 Å². The summed E-state index contributed by atoms with van der Waals surface area (Å²) in [6.07, 6.45) is -3.44. The van der Waals surface area contributed by atoms with Crippen molar-refractivity contribution in [2.24, 2.45) is 0 Å². The first-order chi connectivity index (χ1) is 15.0. The van der Waals surface area contributed by atoms with Crippen molar-refractivity contribution in [2.45, 2.75) is 53.8 Å². The molecule has 1 aliphatic rings. The number of rotatable bonds is 6. The number of benzene rings is 2. The van der Waals surface area contributed by atoms with Gasteiger partial charge in [-0.05, 0) is 30.2 Å². The van der Waals surface area contributed by atoms with Gasteiger partial charge in [-0.25, -0.2) is 0 Å². The van der Waals surface area contributed by atoms with Crippen molar-refractivity contribution in [1.82, 2.24) is 4.57 Å². The van der Waals surface area contributed by atoms with Gasteiger partial charge in [0.1, 0.15) is 30.2 Å². The Morgan fingerprint density at radius 1 is 1.03 bits per heavy atom. The van der Waals surface area contributed by atoms with E-state index in [1.807, 2.05) is 24.4 Å². The number of fused-ring (bicyclic) bond motifs is 1. The van der Waals surface area contributed by atoms with E-state index in [4.69, 9.17) is 9.47 Å². The summed E-state index contributed by atoms with van der Waals surface area (Å²) in [4.78, 5) is 1.99. The normalized spacial score (nSPS) is 26.3.